The maximum absolute atomic E-state index is 12.1. The van der Waals surface area contributed by atoms with Crippen molar-refractivity contribution in [1.29, 1.82) is 0 Å². The topological polar surface area (TPSA) is 43.4 Å². The van der Waals surface area contributed by atoms with Crippen molar-refractivity contribution in [2.24, 2.45) is 0 Å². The second-order valence-electron chi connectivity index (χ2n) is 3.06. The van der Waals surface area contributed by atoms with Gasteiger partial charge in [-0.3, -0.25) is 9.59 Å². The Morgan fingerprint density at radius 1 is 1.41 bits per heavy atom. The third kappa shape index (κ3) is 3.20. The lowest BCUT2D eigenvalue weighted by Gasteiger charge is -2.13. The molecule has 0 aliphatic heterocycles. The molecule has 1 rings (SSSR count). The highest BCUT2D eigenvalue weighted by Crippen LogP contribution is 2.34. The van der Waals surface area contributed by atoms with Crippen molar-refractivity contribution in [3.05, 3.63) is 28.3 Å². The van der Waals surface area contributed by atoms with Crippen LogP contribution in [0.1, 0.15) is 27.6 Å². The lowest BCUT2D eigenvalue weighted by atomic mass is 10.0. The van der Waals surface area contributed by atoms with Gasteiger partial charge >= 0.3 is 6.36 Å². The molecule has 92 valence electrons. The number of carbonyl (C=O) groups excluding carboxylic acids is 2. The van der Waals surface area contributed by atoms with Crippen LogP contribution in [-0.4, -0.2) is 18.4 Å². The minimum absolute atomic E-state index is 0.101. The number of hydrogen-bond donors (Lipinski definition) is 0. The van der Waals surface area contributed by atoms with Gasteiger partial charge in [0.15, 0.2) is 17.8 Å². The van der Waals surface area contributed by atoms with E-state index in [1.165, 1.54) is 0 Å². The highest BCUT2D eigenvalue weighted by Gasteiger charge is 2.34. The summed E-state index contributed by atoms with van der Waals surface area (Å²) in [6, 6.07) is 2.23. The predicted molar refractivity (Wildman–Crippen MR) is 53.5 cm³/mol. The molecule has 0 aromatic heterocycles. The summed E-state index contributed by atoms with van der Waals surface area (Å²) in [4.78, 5) is 21.8. The average molecular weight is 267 g/mol. The molecule has 0 fully saturated rings. The van der Waals surface area contributed by atoms with E-state index >= 15 is 0 Å². The summed E-state index contributed by atoms with van der Waals surface area (Å²) in [5, 5.41) is -0.394. The molecule has 1 aromatic carbocycles. The van der Waals surface area contributed by atoms with E-state index in [4.69, 9.17) is 11.6 Å². The number of aldehydes is 1. The number of benzene rings is 1. The minimum atomic E-state index is -4.99. The van der Waals surface area contributed by atoms with Gasteiger partial charge in [0.1, 0.15) is 0 Å². The molecule has 0 heterocycles. The lowest BCUT2D eigenvalue weighted by molar-refractivity contribution is -0.274. The van der Waals surface area contributed by atoms with Crippen LogP contribution in [0.5, 0.6) is 5.75 Å². The van der Waals surface area contributed by atoms with E-state index in [1.807, 2.05) is 0 Å². The Morgan fingerprint density at radius 3 is 2.41 bits per heavy atom. The van der Waals surface area contributed by atoms with Gasteiger partial charge in [0.05, 0.1) is 10.6 Å². The van der Waals surface area contributed by atoms with Gasteiger partial charge in [-0.1, -0.05) is 11.6 Å². The molecule has 0 saturated carbocycles. The molecule has 0 bridgehead atoms. The lowest BCUT2D eigenvalue weighted by Crippen LogP contribution is -2.19. The van der Waals surface area contributed by atoms with Crippen LogP contribution in [0.25, 0.3) is 0 Å². The second-order valence-corrected chi connectivity index (χ2v) is 3.47. The maximum atomic E-state index is 12.1. The van der Waals surface area contributed by atoms with Crippen molar-refractivity contribution in [2.45, 2.75) is 13.3 Å². The van der Waals surface area contributed by atoms with E-state index in [9.17, 15) is 22.8 Å². The zero-order valence-corrected chi connectivity index (χ0v) is 9.22. The smallest absolute Gasteiger partial charge is 0.403 e. The van der Waals surface area contributed by atoms with Crippen molar-refractivity contribution in [3.8, 4) is 5.75 Å². The van der Waals surface area contributed by atoms with Gasteiger partial charge in [0.25, 0.3) is 0 Å². The summed E-state index contributed by atoms with van der Waals surface area (Å²) < 4.78 is 39.9. The number of halogens is 4. The fraction of sp³-hybridized carbons (Fsp3) is 0.200. The SMILES string of the molecule is CC(=O)c1ccc(Cl)c(OC(F)(F)F)c1C=O. The van der Waals surface area contributed by atoms with Gasteiger partial charge < -0.3 is 4.74 Å². The molecule has 0 radical (unpaired) electrons. The van der Waals surface area contributed by atoms with Gasteiger partial charge in [-0.25, -0.2) is 0 Å². The van der Waals surface area contributed by atoms with Crippen LogP contribution in [0.3, 0.4) is 0 Å². The quantitative estimate of drug-likeness (QED) is 0.623. The Morgan fingerprint density at radius 2 is 2.00 bits per heavy atom. The first-order valence-corrected chi connectivity index (χ1v) is 4.68. The van der Waals surface area contributed by atoms with E-state index in [0.717, 1.165) is 19.1 Å². The number of rotatable bonds is 3. The molecule has 1 aromatic rings. The number of alkyl halides is 3. The molecule has 0 spiro atoms. The Bertz CT molecular complexity index is 469. The van der Waals surface area contributed by atoms with Crippen LogP contribution >= 0.6 is 11.6 Å². The summed E-state index contributed by atoms with van der Waals surface area (Å²) in [7, 11) is 0. The van der Waals surface area contributed by atoms with E-state index in [1.54, 1.807) is 0 Å². The maximum Gasteiger partial charge on any atom is 0.573 e. The second kappa shape index (κ2) is 4.75. The van der Waals surface area contributed by atoms with E-state index < -0.39 is 28.5 Å². The van der Waals surface area contributed by atoms with Crippen LogP contribution in [0.4, 0.5) is 13.2 Å². The van der Waals surface area contributed by atoms with E-state index in [0.29, 0.717) is 0 Å². The van der Waals surface area contributed by atoms with Crippen molar-refractivity contribution < 1.29 is 27.5 Å². The van der Waals surface area contributed by atoms with Crippen LogP contribution in [0.15, 0.2) is 12.1 Å². The van der Waals surface area contributed by atoms with Crippen molar-refractivity contribution in [3.63, 3.8) is 0 Å². The Labute approximate surface area is 99.1 Å². The Kier molecular flexibility index (Phi) is 3.77. The first-order chi connectivity index (χ1) is 7.76. The molecule has 0 N–H and O–H groups in total. The van der Waals surface area contributed by atoms with Gasteiger partial charge in [0.2, 0.25) is 0 Å². The molecule has 0 unspecified atom stereocenters. The highest BCUT2D eigenvalue weighted by molar-refractivity contribution is 6.32. The number of ether oxygens (including phenoxy) is 1. The minimum Gasteiger partial charge on any atom is -0.403 e. The molecule has 17 heavy (non-hydrogen) atoms. The normalized spacial score (nSPS) is 11.1. The molecule has 0 atom stereocenters. The van der Waals surface area contributed by atoms with Crippen molar-refractivity contribution in [1.82, 2.24) is 0 Å². The number of carbonyl (C=O) groups is 2. The van der Waals surface area contributed by atoms with Crippen LogP contribution < -0.4 is 4.74 Å². The number of hydrogen-bond acceptors (Lipinski definition) is 3. The standard InChI is InChI=1S/C10H6ClF3O3/c1-5(16)6-2-3-8(11)9(7(6)4-15)17-10(12,13)14/h2-4H,1H3. The Balaban J connectivity index is 3.41. The van der Waals surface area contributed by atoms with Gasteiger partial charge in [-0.2, -0.15) is 0 Å². The predicted octanol–water partition coefficient (Wildman–Crippen LogP) is 3.25. The van der Waals surface area contributed by atoms with Crippen LogP contribution in [-0.2, 0) is 0 Å². The molecular formula is C10H6ClF3O3. The molecule has 0 aliphatic carbocycles. The molecule has 3 nitrogen and oxygen atoms in total. The van der Waals surface area contributed by atoms with Gasteiger partial charge in [-0.15, -0.1) is 13.2 Å². The Hall–Kier alpha value is -1.56. The monoisotopic (exact) mass is 266 g/mol. The molecule has 7 heteroatoms. The molecule has 0 saturated heterocycles. The summed E-state index contributed by atoms with van der Waals surface area (Å²) in [5.41, 5.74) is -0.689. The summed E-state index contributed by atoms with van der Waals surface area (Å²) in [5.74, 6) is -1.42. The third-order valence-electron chi connectivity index (χ3n) is 1.86. The van der Waals surface area contributed by atoms with E-state index in [2.05, 4.69) is 4.74 Å². The van der Waals surface area contributed by atoms with Gasteiger partial charge in [-0.05, 0) is 19.1 Å². The zero-order valence-electron chi connectivity index (χ0n) is 8.47. The summed E-state index contributed by atoms with van der Waals surface area (Å²) in [6.45, 7) is 1.12. The number of Topliss-reactive ketones (excluding diaryl/α,β-unsaturated/α-hetero) is 1. The first kappa shape index (κ1) is 13.5. The van der Waals surface area contributed by atoms with Crippen molar-refractivity contribution >= 4 is 23.7 Å². The molecule has 0 amide bonds. The van der Waals surface area contributed by atoms with Crippen LogP contribution in [0.2, 0.25) is 5.02 Å². The fourth-order valence-electron chi connectivity index (χ4n) is 1.22. The number of ketones is 1. The zero-order chi connectivity index (χ0) is 13.2. The average Bonchev–Trinajstić information content (AvgIpc) is 2.18. The highest BCUT2D eigenvalue weighted by atomic mass is 35.5. The van der Waals surface area contributed by atoms with Crippen LogP contribution in [0, 0.1) is 0 Å². The fourth-order valence-corrected chi connectivity index (χ4v) is 1.42. The summed E-state index contributed by atoms with van der Waals surface area (Å²) in [6.07, 6.45) is -4.89. The largest absolute Gasteiger partial charge is 0.573 e. The first-order valence-electron chi connectivity index (χ1n) is 4.30. The van der Waals surface area contributed by atoms with Gasteiger partial charge in [0, 0.05) is 5.56 Å². The van der Waals surface area contributed by atoms with Crippen molar-refractivity contribution in [2.75, 3.05) is 0 Å². The summed E-state index contributed by atoms with van der Waals surface area (Å²) >= 11 is 5.50. The molecule has 0 aliphatic rings. The molecular weight excluding hydrogens is 261 g/mol. The van der Waals surface area contributed by atoms with E-state index in [-0.39, 0.29) is 11.8 Å². The third-order valence-corrected chi connectivity index (χ3v) is 2.16.